The molecule has 1 aromatic carbocycles. The minimum Gasteiger partial charge on any atom is -0.394 e. The zero-order chi connectivity index (χ0) is 24.1. The van der Waals surface area contributed by atoms with Crippen LogP contribution in [0.3, 0.4) is 0 Å². The van der Waals surface area contributed by atoms with Gasteiger partial charge in [0.1, 0.15) is 5.70 Å². The van der Waals surface area contributed by atoms with Crippen molar-refractivity contribution in [2.24, 2.45) is 20.0 Å². The second kappa shape index (κ2) is 13.8. The molecule has 0 aliphatic carbocycles. The predicted octanol–water partition coefficient (Wildman–Crippen LogP) is 3.04. The molecule has 1 atom stereocenters. The number of aliphatic hydroxyl groups is 1. The Kier molecular flexibility index (Phi) is 10.8. The lowest BCUT2D eigenvalue weighted by atomic mass is 10.1. The third-order valence-electron chi connectivity index (χ3n) is 4.97. The Labute approximate surface area is 196 Å². The summed E-state index contributed by atoms with van der Waals surface area (Å²) >= 11 is 0. The average molecular weight is 450 g/mol. The van der Waals surface area contributed by atoms with E-state index in [0.29, 0.717) is 37.1 Å². The minimum absolute atomic E-state index is 0.0197. The number of hydrogen-bond donors (Lipinski definition) is 4. The number of nitrogens with zero attached hydrogens (tertiary/aromatic N) is 4. The molecule has 0 aromatic heterocycles. The van der Waals surface area contributed by atoms with E-state index in [2.05, 4.69) is 61.3 Å². The van der Waals surface area contributed by atoms with Crippen LogP contribution in [0.25, 0.3) is 5.70 Å². The molecule has 0 saturated carbocycles. The highest BCUT2D eigenvalue weighted by Crippen LogP contribution is 2.17. The molecule has 1 aliphatic heterocycles. The quantitative estimate of drug-likeness (QED) is 0.308. The Hall–Kier alpha value is -3.52. The molecule has 176 valence electrons. The second-order valence-corrected chi connectivity index (χ2v) is 7.26. The van der Waals surface area contributed by atoms with E-state index in [9.17, 15) is 5.11 Å². The van der Waals surface area contributed by atoms with Crippen molar-refractivity contribution in [1.29, 1.82) is 0 Å². The molecule has 0 bridgehead atoms. The van der Waals surface area contributed by atoms with E-state index in [1.165, 1.54) is 0 Å². The first kappa shape index (κ1) is 25.7. The number of guanidine groups is 1. The summed E-state index contributed by atoms with van der Waals surface area (Å²) in [6, 6.07) is 8.11. The molecule has 8 nitrogen and oxygen atoms in total. The Bertz CT molecular complexity index is 951. The van der Waals surface area contributed by atoms with Crippen LogP contribution in [0.4, 0.5) is 0 Å². The first-order valence-electron chi connectivity index (χ1n) is 11.2. The molecule has 33 heavy (non-hydrogen) atoms. The average Bonchev–Trinajstić information content (AvgIpc) is 3.00. The van der Waals surface area contributed by atoms with Gasteiger partial charge in [0.05, 0.1) is 30.6 Å². The number of allylic oxidation sites excluding steroid dienone is 2. The fourth-order valence-corrected chi connectivity index (χ4v) is 3.19. The van der Waals surface area contributed by atoms with Crippen LogP contribution < -0.4 is 16.0 Å². The molecule has 1 unspecified atom stereocenters. The SMILES string of the molecule is C=C/C=C(\N=CC)c1ccc(CNC2=C(N=C)C(=NCC)NC(NC(CC)CO)=NC2)cc1. The van der Waals surface area contributed by atoms with Gasteiger partial charge < -0.3 is 21.1 Å². The van der Waals surface area contributed by atoms with Crippen LogP contribution in [-0.2, 0) is 6.54 Å². The number of benzene rings is 1. The maximum atomic E-state index is 9.53. The fraction of sp³-hybridized carbons (Fsp3) is 0.360. The Morgan fingerprint density at radius 2 is 2.06 bits per heavy atom. The Balaban J connectivity index is 2.22. The highest BCUT2D eigenvalue weighted by atomic mass is 16.3. The van der Waals surface area contributed by atoms with Crippen LogP contribution in [0.1, 0.15) is 38.3 Å². The van der Waals surface area contributed by atoms with Crippen LogP contribution in [0.2, 0.25) is 0 Å². The molecule has 0 amide bonds. The first-order chi connectivity index (χ1) is 16.1. The maximum Gasteiger partial charge on any atom is 0.197 e. The van der Waals surface area contributed by atoms with Crippen LogP contribution in [-0.4, -0.2) is 55.6 Å². The largest absolute Gasteiger partial charge is 0.394 e. The summed E-state index contributed by atoms with van der Waals surface area (Å²) in [5.74, 6) is 1.15. The molecule has 8 heteroatoms. The monoisotopic (exact) mass is 449 g/mol. The predicted molar refractivity (Wildman–Crippen MR) is 140 cm³/mol. The van der Waals surface area contributed by atoms with Gasteiger partial charge >= 0.3 is 0 Å². The summed E-state index contributed by atoms with van der Waals surface area (Å²) in [4.78, 5) is 17.8. The topological polar surface area (TPSA) is 106 Å². The molecule has 1 aromatic rings. The van der Waals surface area contributed by atoms with Crippen LogP contribution in [0.5, 0.6) is 0 Å². The molecular formula is C25H35N7O. The van der Waals surface area contributed by atoms with Gasteiger partial charge in [0, 0.05) is 24.9 Å². The molecule has 0 saturated heterocycles. The van der Waals surface area contributed by atoms with Gasteiger partial charge in [-0.05, 0) is 38.6 Å². The van der Waals surface area contributed by atoms with Crippen LogP contribution in [0, 0.1) is 0 Å². The van der Waals surface area contributed by atoms with Gasteiger partial charge in [0.25, 0.3) is 0 Å². The summed E-state index contributed by atoms with van der Waals surface area (Å²) in [5, 5.41) is 19.4. The van der Waals surface area contributed by atoms with Gasteiger partial charge in [-0.25, -0.2) is 4.99 Å². The van der Waals surface area contributed by atoms with E-state index in [-0.39, 0.29) is 12.6 Å². The minimum atomic E-state index is -0.0932. The van der Waals surface area contributed by atoms with Crippen molar-refractivity contribution in [1.82, 2.24) is 16.0 Å². The van der Waals surface area contributed by atoms with E-state index >= 15 is 0 Å². The Morgan fingerprint density at radius 1 is 1.30 bits per heavy atom. The zero-order valence-electron chi connectivity index (χ0n) is 19.8. The van der Waals surface area contributed by atoms with E-state index in [0.717, 1.165) is 28.9 Å². The van der Waals surface area contributed by atoms with Gasteiger partial charge in [-0.1, -0.05) is 43.8 Å². The third kappa shape index (κ3) is 7.54. The Morgan fingerprint density at radius 3 is 2.64 bits per heavy atom. The third-order valence-corrected chi connectivity index (χ3v) is 4.97. The molecule has 4 N–H and O–H groups in total. The molecule has 2 rings (SSSR count). The number of nitrogens with one attached hydrogen (secondary N) is 3. The van der Waals surface area contributed by atoms with E-state index in [1.54, 1.807) is 12.3 Å². The summed E-state index contributed by atoms with van der Waals surface area (Å²) in [6.45, 7) is 14.9. The van der Waals surface area contributed by atoms with Crippen molar-refractivity contribution in [3.63, 3.8) is 0 Å². The molecule has 0 spiro atoms. The first-order valence-corrected chi connectivity index (χ1v) is 11.2. The number of aliphatic hydroxyl groups excluding tert-OH is 1. The van der Waals surface area contributed by atoms with Crippen LogP contribution in [0.15, 0.2) is 74.4 Å². The number of rotatable bonds is 11. The summed E-state index contributed by atoms with van der Waals surface area (Å²) in [5.41, 5.74) is 4.46. The molecule has 1 heterocycles. The van der Waals surface area contributed by atoms with Gasteiger partial charge in [-0.2, -0.15) is 0 Å². The lowest BCUT2D eigenvalue weighted by molar-refractivity contribution is 0.252. The normalized spacial score (nSPS) is 16.8. The number of amidine groups is 1. The van der Waals surface area contributed by atoms with Crippen molar-refractivity contribution < 1.29 is 5.11 Å². The zero-order valence-corrected chi connectivity index (χ0v) is 19.8. The molecule has 0 radical (unpaired) electrons. The van der Waals surface area contributed by atoms with Crippen molar-refractivity contribution in [2.75, 3.05) is 19.7 Å². The van der Waals surface area contributed by atoms with Gasteiger partial charge in [0.15, 0.2) is 11.8 Å². The lowest BCUT2D eigenvalue weighted by Crippen LogP contribution is -2.46. The lowest BCUT2D eigenvalue weighted by Gasteiger charge is -2.18. The smallest absolute Gasteiger partial charge is 0.197 e. The van der Waals surface area contributed by atoms with Crippen molar-refractivity contribution in [3.8, 4) is 0 Å². The van der Waals surface area contributed by atoms with Crippen LogP contribution >= 0.6 is 0 Å². The number of hydrogen-bond acceptors (Lipinski definition) is 7. The second-order valence-electron chi connectivity index (χ2n) is 7.26. The van der Waals surface area contributed by atoms with E-state index in [1.807, 2.05) is 39.0 Å². The van der Waals surface area contributed by atoms with E-state index in [4.69, 9.17) is 0 Å². The van der Waals surface area contributed by atoms with Gasteiger partial charge in [-0.15, -0.1) is 0 Å². The van der Waals surface area contributed by atoms with Gasteiger partial charge in [0.2, 0.25) is 0 Å². The summed E-state index contributed by atoms with van der Waals surface area (Å²) in [6.07, 6.45) is 6.16. The molecular weight excluding hydrogens is 414 g/mol. The highest BCUT2D eigenvalue weighted by Gasteiger charge is 2.19. The van der Waals surface area contributed by atoms with E-state index < -0.39 is 0 Å². The highest BCUT2D eigenvalue weighted by molar-refractivity contribution is 6.09. The standard InChI is InChI=1S/C25H35N7O/c1-6-10-21(27-8-3)19-13-11-18(12-14-19)15-29-22-16-30-25(31-20(7-2)17-33)32-24(28-9-4)23(22)26-5/h6,8,10-14,20,29,33H,1,5,7,9,15-17H2,2-4H3,(H2,28,30,31,32)/b21-10-,27-8?. The summed E-state index contributed by atoms with van der Waals surface area (Å²) < 4.78 is 0. The van der Waals surface area contributed by atoms with Crippen molar-refractivity contribution in [3.05, 3.63) is 65.5 Å². The number of aliphatic imine (C=N–C) groups is 4. The molecule has 0 fully saturated rings. The maximum absolute atomic E-state index is 9.53. The summed E-state index contributed by atoms with van der Waals surface area (Å²) in [7, 11) is 0. The fourth-order valence-electron chi connectivity index (χ4n) is 3.19. The molecule has 1 aliphatic rings. The van der Waals surface area contributed by atoms with Crippen molar-refractivity contribution in [2.45, 2.75) is 39.8 Å². The van der Waals surface area contributed by atoms with Crippen molar-refractivity contribution >= 4 is 30.4 Å². The van der Waals surface area contributed by atoms with Gasteiger partial charge in [-0.3, -0.25) is 15.0 Å².